The van der Waals surface area contributed by atoms with Gasteiger partial charge in [0, 0.05) is 12.2 Å². The highest BCUT2D eigenvalue weighted by molar-refractivity contribution is 5.20. The molecular formula is C13H22N2. The van der Waals surface area contributed by atoms with Gasteiger partial charge in [-0.15, -0.1) is 0 Å². The number of aryl methyl sites for hydroxylation is 1. The Kier molecular flexibility index (Phi) is 4.76. The third-order valence-corrected chi connectivity index (χ3v) is 2.70. The molecular weight excluding hydrogens is 184 g/mol. The smallest absolute Gasteiger partial charge is 0.0600 e. The molecule has 0 saturated heterocycles. The van der Waals surface area contributed by atoms with Crippen LogP contribution in [-0.4, -0.2) is 4.98 Å². The molecule has 0 saturated carbocycles. The zero-order chi connectivity index (χ0) is 11.3. The minimum Gasteiger partial charge on any atom is -0.323 e. The summed E-state index contributed by atoms with van der Waals surface area (Å²) in [5.74, 6) is 0.766. The van der Waals surface area contributed by atoms with Gasteiger partial charge in [0.25, 0.3) is 0 Å². The van der Waals surface area contributed by atoms with Gasteiger partial charge in [0.15, 0.2) is 0 Å². The van der Waals surface area contributed by atoms with Crippen LogP contribution in [0.25, 0.3) is 0 Å². The van der Waals surface area contributed by atoms with E-state index in [0.29, 0.717) is 0 Å². The molecule has 0 aromatic carbocycles. The van der Waals surface area contributed by atoms with Crippen molar-refractivity contribution in [1.82, 2.24) is 4.98 Å². The van der Waals surface area contributed by atoms with Crippen LogP contribution in [0, 0.1) is 12.8 Å². The lowest BCUT2D eigenvalue weighted by Crippen LogP contribution is -2.13. The first-order valence-electron chi connectivity index (χ1n) is 5.78. The number of aromatic nitrogens is 1. The summed E-state index contributed by atoms with van der Waals surface area (Å²) in [5.41, 5.74) is 8.38. The quantitative estimate of drug-likeness (QED) is 0.803. The van der Waals surface area contributed by atoms with E-state index >= 15 is 0 Å². The van der Waals surface area contributed by atoms with E-state index in [4.69, 9.17) is 5.73 Å². The Hall–Kier alpha value is -0.890. The first-order chi connectivity index (χ1) is 7.11. The molecule has 0 fully saturated rings. The zero-order valence-electron chi connectivity index (χ0n) is 10.0. The van der Waals surface area contributed by atoms with Crippen LogP contribution in [0.2, 0.25) is 0 Å². The molecule has 0 aliphatic heterocycles. The number of hydrogen-bond acceptors (Lipinski definition) is 2. The molecule has 2 nitrogen and oxygen atoms in total. The summed E-state index contributed by atoms with van der Waals surface area (Å²) in [5, 5.41) is 0. The Bertz CT molecular complexity index is 294. The van der Waals surface area contributed by atoms with Gasteiger partial charge in [-0.2, -0.15) is 0 Å². The van der Waals surface area contributed by atoms with Gasteiger partial charge in [-0.25, -0.2) is 0 Å². The summed E-state index contributed by atoms with van der Waals surface area (Å²) in [7, 11) is 0. The summed E-state index contributed by atoms with van der Waals surface area (Å²) in [6, 6.07) is 4.13. The molecule has 0 amide bonds. The number of nitrogens with zero attached hydrogens (tertiary/aromatic N) is 1. The predicted octanol–water partition coefficient (Wildman–Crippen LogP) is 3.22. The Balaban J connectivity index is 2.47. The second-order valence-electron chi connectivity index (χ2n) is 4.64. The van der Waals surface area contributed by atoms with Crippen molar-refractivity contribution in [3.63, 3.8) is 0 Å². The lowest BCUT2D eigenvalue weighted by molar-refractivity contribution is 0.500. The minimum absolute atomic E-state index is 0.102. The molecule has 0 aliphatic carbocycles. The molecule has 1 atom stereocenters. The number of hydrogen-bond donors (Lipinski definition) is 1. The van der Waals surface area contributed by atoms with E-state index in [-0.39, 0.29) is 6.04 Å². The van der Waals surface area contributed by atoms with Crippen LogP contribution in [0.15, 0.2) is 18.3 Å². The molecule has 1 unspecified atom stereocenters. The minimum atomic E-state index is 0.102. The third-order valence-electron chi connectivity index (χ3n) is 2.70. The van der Waals surface area contributed by atoms with Gasteiger partial charge in [0.05, 0.1) is 5.69 Å². The maximum atomic E-state index is 6.12. The summed E-state index contributed by atoms with van der Waals surface area (Å²) < 4.78 is 0. The van der Waals surface area contributed by atoms with Crippen molar-refractivity contribution in [2.45, 2.75) is 46.1 Å². The van der Waals surface area contributed by atoms with Crippen LogP contribution in [0.5, 0.6) is 0 Å². The molecule has 2 heteroatoms. The number of pyridine rings is 1. The van der Waals surface area contributed by atoms with Crippen molar-refractivity contribution < 1.29 is 0 Å². The van der Waals surface area contributed by atoms with E-state index in [9.17, 15) is 0 Å². The SMILES string of the molecule is Cc1cccnc1C(N)CCCC(C)C. The fraction of sp³-hybridized carbons (Fsp3) is 0.615. The molecule has 1 rings (SSSR count). The van der Waals surface area contributed by atoms with E-state index in [1.807, 2.05) is 12.3 Å². The summed E-state index contributed by atoms with van der Waals surface area (Å²) in [6.45, 7) is 6.57. The molecule has 15 heavy (non-hydrogen) atoms. The fourth-order valence-electron chi connectivity index (χ4n) is 1.77. The monoisotopic (exact) mass is 206 g/mol. The van der Waals surface area contributed by atoms with Gasteiger partial charge in [-0.1, -0.05) is 32.8 Å². The lowest BCUT2D eigenvalue weighted by Gasteiger charge is -2.13. The fourth-order valence-corrected chi connectivity index (χ4v) is 1.77. The Morgan fingerprint density at radius 2 is 2.07 bits per heavy atom. The third kappa shape index (κ3) is 4.00. The summed E-state index contributed by atoms with van der Waals surface area (Å²) in [6.07, 6.45) is 5.30. The molecule has 1 aromatic heterocycles. The van der Waals surface area contributed by atoms with E-state index in [1.165, 1.54) is 18.4 Å². The van der Waals surface area contributed by atoms with Gasteiger partial charge in [0.2, 0.25) is 0 Å². The predicted molar refractivity (Wildman–Crippen MR) is 64.6 cm³/mol. The van der Waals surface area contributed by atoms with Crippen molar-refractivity contribution in [1.29, 1.82) is 0 Å². The van der Waals surface area contributed by atoms with Gasteiger partial charge < -0.3 is 5.73 Å². The first-order valence-corrected chi connectivity index (χ1v) is 5.78. The molecule has 0 bridgehead atoms. The average molecular weight is 206 g/mol. The van der Waals surface area contributed by atoms with Crippen molar-refractivity contribution >= 4 is 0 Å². The molecule has 2 N–H and O–H groups in total. The number of rotatable bonds is 5. The molecule has 1 heterocycles. The topological polar surface area (TPSA) is 38.9 Å². The van der Waals surface area contributed by atoms with Crippen LogP contribution in [-0.2, 0) is 0 Å². The second-order valence-corrected chi connectivity index (χ2v) is 4.64. The average Bonchev–Trinajstić information content (AvgIpc) is 2.17. The normalized spacial score (nSPS) is 13.1. The summed E-state index contributed by atoms with van der Waals surface area (Å²) >= 11 is 0. The van der Waals surface area contributed by atoms with Crippen LogP contribution in [0.3, 0.4) is 0 Å². The van der Waals surface area contributed by atoms with Crippen molar-refractivity contribution in [2.24, 2.45) is 11.7 Å². The zero-order valence-corrected chi connectivity index (χ0v) is 10.0. The van der Waals surface area contributed by atoms with E-state index in [1.54, 1.807) is 0 Å². The van der Waals surface area contributed by atoms with Crippen molar-refractivity contribution in [3.05, 3.63) is 29.6 Å². The van der Waals surface area contributed by atoms with Gasteiger partial charge >= 0.3 is 0 Å². The molecule has 84 valence electrons. The lowest BCUT2D eigenvalue weighted by atomic mass is 10.00. The Morgan fingerprint density at radius 1 is 1.33 bits per heavy atom. The largest absolute Gasteiger partial charge is 0.323 e. The highest BCUT2D eigenvalue weighted by Gasteiger charge is 2.09. The maximum absolute atomic E-state index is 6.12. The molecule has 0 radical (unpaired) electrons. The maximum Gasteiger partial charge on any atom is 0.0600 e. The van der Waals surface area contributed by atoms with Crippen molar-refractivity contribution in [2.75, 3.05) is 0 Å². The molecule has 0 spiro atoms. The van der Waals surface area contributed by atoms with Crippen LogP contribution in [0.4, 0.5) is 0 Å². The van der Waals surface area contributed by atoms with E-state index in [0.717, 1.165) is 18.0 Å². The van der Waals surface area contributed by atoms with Gasteiger partial charge in [-0.3, -0.25) is 4.98 Å². The molecule has 0 aliphatic rings. The van der Waals surface area contributed by atoms with Crippen LogP contribution < -0.4 is 5.73 Å². The standard InChI is InChI=1S/C13H22N2/c1-10(2)6-4-8-12(14)13-11(3)7-5-9-15-13/h5,7,9-10,12H,4,6,8,14H2,1-3H3. The van der Waals surface area contributed by atoms with E-state index in [2.05, 4.69) is 31.8 Å². The highest BCUT2D eigenvalue weighted by atomic mass is 14.8. The first kappa shape index (κ1) is 12.2. The second kappa shape index (κ2) is 5.86. The van der Waals surface area contributed by atoms with Gasteiger partial charge in [-0.05, 0) is 30.9 Å². The highest BCUT2D eigenvalue weighted by Crippen LogP contribution is 2.19. The van der Waals surface area contributed by atoms with Crippen LogP contribution in [0.1, 0.15) is 50.4 Å². The number of nitrogens with two attached hydrogens (primary N) is 1. The molecule has 1 aromatic rings. The summed E-state index contributed by atoms with van der Waals surface area (Å²) in [4.78, 5) is 4.35. The van der Waals surface area contributed by atoms with E-state index < -0.39 is 0 Å². The van der Waals surface area contributed by atoms with Gasteiger partial charge in [0.1, 0.15) is 0 Å². The van der Waals surface area contributed by atoms with Crippen LogP contribution >= 0.6 is 0 Å². The van der Waals surface area contributed by atoms with Crippen molar-refractivity contribution in [3.8, 4) is 0 Å². The Labute approximate surface area is 92.9 Å². The Morgan fingerprint density at radius 3 is 2.67 bits per heavy atom.